The van der Waals surface area contributed by atoms with Crippen LogP contribution in [0.25, 0.3) is 275 Å². The smallest absolute Gasteiger partial charge is 0.137 e. The van der Waals surface area contributed by atoms with Gasteiger partial charge in [-0.05, 0) is 164 Å². The highest BCUT2D eigenvalue weighted by atomic mass is 15.1. The molecule has 0 spiro atoms. The predicted molar refractivity (Wildman–Crippen MR) is 604 cm³/mol. The predicted octanol–water partition coefficient (Wildman–Crippen LogP) is 30.6. The van der Waals surface area contributed by atoms with Gasteiger partial charge in [-0.3, -0.25) is 24.5 Å². The summed E-state index contributed by atoms with van der Waals surface area (Å²) in [6.45, 7) is 0. The van der Waals surface area contributed by atoms with Crippen LogP contribution in [0, 0.1) is 0 Å². The van der Waals surface area contributed by atoms with Gasteiger partial charge in [-0.2, -0.15) is 0 Å². The summed E-state index contributed by atoms with van der Waals surface area (Å²) in [6, 6.07) is 140. The van der Waals surface area contributed by atoms with E-state index in [-0.39, 0.29) is 0 Å². The maximum atomic E-state index is 5.03. The number of aromatic nitrogens is 19. The lowest BCUT2D eigenvalue weighted by Gasteiger charge is -2.15. The molecule has 19 heteroatoms. The Morgan fingerprint density at radius 2 is 0.426 bits per heavy atom. The van der Waals surface area contributed by atoms with Gasteiger partial charge >= 0.3 is 0 Å². The van der Waals surface area contributed by atoms with E-state index in [1.165, 1.54) is 59.5 Å². The Morgan fingerprint density at radius 1 is 0.142 bits per heavy atom. The normalized spacial score (nSPS) is 11.9. The van der Waals surface area contributed by atoms with E-state index in [0.717, 1.165) is 215 Å². The van der Waals surface area contributed by atoms with Crippen molar-refractivity contribution in [1.82, 2.24) is 91.4 Å². The van der Waals surface area contributed by atoms with E-state index < -0.39 is 0 Å². The van der Waals surface area contributed by atoms with Gasteiger partial charge < -0.3 is 32.0 Å². The van der Waals surface area contributed by atoms with Crippen molar-refractivity contribution in [2.24, 2.45) is 0 Å². The number of rotatable bonds is 8. The molecule has 0 saturated carbocycles. The molecule has 0 aliphatic heterocycles. The zero-order chi connectivity index (χ0) is 97.1. The molecule has 0 amide bonds. The zero-order valence-corrected chi connectivity index (χ0v) is 79.1. The van der Waals surface area contributed by atoms with Gasteiger partial charge in [0.05, 0.1) is 133 Å². The Hall–Kier alpha value is -20.6. The third-order valence-electron chi connectivity index (χ3n) is 29.5. The molecular weight excluding hydrogens is 1820 g/mol. The molecule has 0 aliphatic carbocycles. The number of pyridine rings is 5. The Kier molecular flexibility index (Phi) is 18.9. The first-order valence-corrected chi connectivity index (χ1v) is 49.4. The lowest BCUT2D eigenvalue weighted by atomic mass is 10.0. The molecule has 33 rings (SSSR count). The number of benzene rings is 17. The molecular formula is C129H79N19. The Morgan fingerprint density at radius 3 is 0.811 bits per heavy atom. The maximum absolute atomic E-state index is 5.03. The Balaban J connectivity index is 0.0000000911. The van der Waals surface area contributed by atoms with Crippen molar-refractivity contribution in [2.75, 3.05) is 0 Å². The SMILES string of the molecule is c1ccc(-n2c3ccccc3c3c4cccnc4c4c5ccccc5n(-c5cccc6ncccc56)c4c32)cc1.c1ccc(-n2c3ccccc3c3c4cncnc4c4c5ccccc5n(-c5ccccn5)c4c32)cc1.c1ccc(-n2c3ccccc3c3c4cncnc4c4c5ccccc5n(-c5cccnc5)c4c32)cc1.c1ccc(-n2c3ccccc3c3c4cncnc4c4c5ccccc5n(-c5ccncc5)c4c32)cc1. The Bertz CT molecular complexity index is 10000. The van der Waals surface area contributed by atoms with Crippen molar-refractivity contribution in [2.45, 2.75) is 0 Å². The van der Waals surface area contributed by atoms with Crippen molar-refractivity contribution in [1.29, 1.82) is 0 Å². The minimum absolute atomic E-state index is 0.878. The van der Waals surface area contributed by atoms with Gasteiger partial charge in [0.2, 0.25) is 0 Å². The van der Waals surface area contributed by atoms with Crippen LogP contribution in [0.3, 0.4) is 0 Å². The lowest BCUT2D eigenvalue weighted by molar-refractivity contribution is 1.08. The van der Waals surface area contributed by atoms with Crippen LogP contribution in [0.15, 0.2) is 481 Å². The fourth-order valence-corrected chi connectivity index (χ4v) is 23.9. The number of para-hydroxylation sites is 12. The van der Waals surface area contributed by atoms with Gasteiger partial charge in [-0.15, -0.1) is 0 Å². The van der Waals surface area contributed by atoms with Gasteiger partial charge in [0.25, 0.3) is 0 Å². The first kappa shape index (κ1) is 83.2. The molecule has 33 aromatic rings. The molecule has 0 fully saturated rings. The molecule has 148 heavy (non-hydrogen) atoms. The Labute approximate surface area is 841 Å². The number of nitrogens with zero attached hydrogens (tertiary/aromatic N) is 19. The summed E-state index contributed by atoms with van der Waals surface area (Å²) < 4.78 is 19.0. The monoisotopic (exact) mass is 1890 g/mol. The molecule has 0 aliphatic rings. The topological polar surface area (TPSA) is 181 Å². The minimum Gasteiger partial charge on any atom is -0.307 e. The molecule has 0 saturated heterocycles. The molecule has 19 nitrogen and oxygen atoms in total. The molecule has 16 heterocycles. The van der Waals surface area contributed by atoms with E-state index in [1.807, 2.05) is 86.2 Å². The number of hydrogen-bond acceptors (Lipinski definition) is 11. The van der Waals surface area contributed by atoms with Crippen molar-refractivity contribution in [3.05, 3.63) is 481 Å². The molecule has 17 aromatic carbocycles. The van der Waals surface area contributed by atoms with Crippen LogP contribution < -0.4 is 0 Å². The summed E-state index contributed by atoms with van der Waals surface area (Å²) in [5.74, 6) is 0.878. The molecule has 0 atom stereocenters. The maximum Gasteiger partial charge on any atom is 0.137 e. The summed E-state index contributed by atoms with van der Waals surface area (Å²) in [6.07, 6.45) is 23.9. The van der Waals surface area contributed by atoms with Crippen molar-refractivity contribution >= 4 is 229 Å². The van der Waals surface area contributed by atoms with E-state index >= 15 is 0 Å². The van der Waals surface area contributed by atoms with Crippen LogP contribution in [0.2, 0.25) is 0 Å². The van der Waals surface area contributed by atoms with Gasteiger partial charge in [0.1, 0.15) is 24.8 Å². The summed E-state index contributed by atoms with van der Waals surface area (Å²) in [4.78, 5) is 51.2. The van der Waals surface area contributed by atoms with E-state index in [4.69, 9.17) is 29.9 Å². The molecule has 0 bridgehead atoms. The van der Waals surface area contributed by atoms with Gasteiger partial charge in [0.15, 0.2) is 0 Å². The highest BCUT2D eigenvalue weighted by Gasteiger charge is 2.33. The standard InChI is InChI=1S/C36H22N4.3C31H19N5/c1-2-11-23(12-3-1)39-30-18-6-4-13-25(30)32-27-16-10-22-38-34(27)33-26-14-5-7-19-31(26)40(36(33)35(32)39)29-20-8-17-28-24(29)15-9-21-37-28;1-2-10-20(11-3-1)35-24-14-6-4-12-21(24)27-23-18-32-19-34-29(23)28-22-13-5-7-15-25(22)36(31(28)30(27)35)26-16-8-9-17-33-26;1-2-9-20(10-3-1)35-25-14-6-4-12-22(25)27-24-18-33-19-34-29(24)28-23-13-5-7-15-26(23)36(31(28)30(27)35)21-11-8-16-32-17-21;1-2-8-20(9-3-1)35-25-12-6-4-10-22(25)27-24-18-33-19-34-29(24)28-23-11-5-7-13-26(23)36(31(28)30(27)35)21-14-16-32-17-15-21/h1-22H;3*1-19H. The second-order valence-corrected chi connectivity index (χ2v) is 37.2. The van der Waals surface area contributed by atoms with Crippen LogP contribution >= 0.6 is 0 Å². The molecule has 16 aromatic heterocycles. The van der Waals surface area contributed by atoms with Gasteiger partial charge in [-0.1, -0.05) is 237 Å². The van der Waals surface area contributed by atoms with Crippen LogP contribution in [-0.2, 0) is 0 Å². The quantitative estimate of drug-likeness (QED) is 0.141. The largest absolute Gasteiger partial charge is 0.307 e. The van der Waals surface area contributed by atoms with E-state index in [0.29, 0.717) is 0 Å². The van der Waals surface area contributed by atoms with Gasteiger partial charge in [-0.25, -0.2) is 34.9 Å². The lowest BCUT2D eigenvalue weighted by Crippen LogP contribution is -2.00. The summed E-state index contributed by atoms with van der Waals surface area (Å²) in [7, 11) is 0. The second kappa shape index (κ2) is 33.6. The van der Waals surface area contributed by atoms with Crippen molar-refractivity contribution in [3.8, 4) is 45.6 Å². The van der Waals surface area contributed by atoms with Crippen LogP contribution in [-0.4, -0.2) is 91.4 Å². The van der Waals surface area contributed by atoms with E-state index in [1.54, 1.807) is 19.0 Å². The van der Waals surface area contributed by atoms with Crippen molar-refractivity contribution in [3.63, 3.8) is 0 Å². The third-order valence-corrected chi connectivity index (χ3v) is 29.5. The van der Waals surface area contributed by atoms with E-state index in [2.05, 4.69) is 438 Å². The van der Waals surface area contributed by atoms with Crippen LogP contribution in [0.1, 0.15) is 0 Å². The molecule has 690 valence electrons. The average molecular weight is 1900 g/mol. The average Bonchev–Trinajstić information content (AvgIpc) is 1.56. The van der Waals surface area contributed by atoms with E-state index in [9.17, 15) is 0 Å². The third kappa shape index (κ3) is 12.4. The van der Waals surface area contributed by atoms with Gasteiger partial charge in [0, 0.05) is 197 Å². The van der Waals surface area contributed by atoms with Crippen LogP contribution in [0.5, 0.6) is 0 Å². The zero-order valence-electron chi connectivity index (χ0n) is 79.1. The fourth-order valence-electron chi connectivity index (χ4n) is 23.9. The highest BCUT2D eigenvalue weighted by molar-refractivity contribution is 6.40. The summed E-state index contributed by atoms with van der Waals surface area (Å²) >= 11 is 0. The van der Waals surface area contributed by atoms with Crippen molar-refractivity contribution < 1.29 is 0 Å². The molecule has 0 unspecified atom stereocenters. The van der Waals surface area contributed by atoms with Crippen LogP contribution in [0.4, 0.5) is 0 Å². The summed E-state index contributed by atoms with van der Waals surface area (Å²) in [5.41, 5.74) is 30.8. The molecule has 0 radical (unpaired) electrons. The summed E-state index contributed by atoms with van der Waals surface area (Å²) in [5, 5.41) is 24.1. The second-order valence-electron chi connectivity index (χ2n) is 37.2. The number of hydrogen-bond donors (Lipinski definition) is 0. The number of fused-ring (bicyclic) bond motifs is 41. The first-order valence-electron chi connectivity index (χ1n) is 49.4. The minimum atomic E-state index is 0.878. The highest BCUT2D eigenvalue weighted by Crippen LogP contribution is 2.53. The molecule has 0 N–H and O–H groups in total. The fraction of sp³-hybridized carbons (Fsp3) is 0. The first-order chi connectivity index (χ1) is 73.6.